The van der Waals surface area contributed by atoms with Crippen LogP contribution in [-0.2, 0) is 11.2 Å². The molecular weight excluding hydrogens is 294 g/mol. The normalized spacial score (nSPS) is 9.96. The van der Waals surface area contributed by atoms with Crippen LogP contribution < -0.4 is 15.4 Å². The van der Waals surface area contributed by atoms with Gasteiger partial charge in [-0.2, -0.15) is 0 Å². The van der Waals surface area contributed by atoms with Crippen molar-refractivity contribution in [2.24, 2.45) is 0 Å². The van der Waals surface area contributed by atoms with Gasteiger partial charge >= 0.3 is 0 Å². The van der Waals surface area contributed by atoms with Gasteiger partial charge in [0.05, 0.1) is 19.2 Å². The molecule has 0 saturated carbocycles. The molecule has 0 unspecified atom stereocenters. The number of hydrogen-bond donors (Lipinski definition) is 2. The molecule has 0 aliphatic rings. The summed E-state index contributed by atoms with van der Waals surface area (Å²) in [7, 11) is 1.62. The molecule has 2 aromatic rings. The lowest BCUT2D eigenvalue weighted by Crippen LogP contribution is -2.37. The van der Waals surface area contributed by atoms with Crippen LogP contribution in [0.15, 0.2) is 48.8 Å². The van der Waals surface area contributed by atoms with Gasteiger partial charge in [-0.25, -0.2) is 0 Å². The Morgan fingerprint density at radius 2 is 2.04 bits per heavy atom. The number of nitrogens with one attached hydrogen (secondary N) is 2. The number of ether oxygens (including phenoxy) is 1. The van der Waals surface area contributed by atoms with Crippen molar-refractivity contribution in [1.82, 2.24) is 15.6 Å². The summed E-state index contributed by atoms with van der Waals surface area (Å²) in [4.78, 5) is 27.4. The average molecular weight is 313 g/mol. The molecule has 0 radical (unpaired) electrons. The Bertz CT molecular complexity index is 659. The second-order valence-electron chi connectivity index (χ2n) is 4.88. The van der Waals surface area contributed by atoms with Crippen molar-refractivity contribution < 1.29 is 14.3 Å². The van der Waals surface area contributed by atoms with Crippen LogP contribution in [0.1, 0.15) is 15.9 Å². The molecule has 0 spiro atoms. The molecule has 23 heavy (non-hydrogen) atoms. The largest absolute Gasteiger partial charge is 0.497 e. The minimum absolute atomic E-state index is 0.0637. The molecule has 2 N–H and O–H groups in total. The highest BCUT2D eigenvalue weighted by Crippen LogP contribution is 2.12. The molecule has 6 heteroatoms. The van der Waals surface area contributed by atoms with Gasteiger partial charge < -0.3 is 15.4 Å². The average Bonchev–Trinajstić information content (AvgIpc) is 2.60. The Hall–Kier alpha value is -2.89. The van der Waals surface area contributed by atoms with Crippen molar-refractivity contribution in [3.05, 3.63) is 59.9 Å². The van der Waals surface area contributed by atoms with Gasteiger partial charge in [-0.05, 0) is 36.2 Å². The predicted octanol–water partition coefficient (Wildman–Crippen LogP) is 1.18. The summed E-state index contributed by atoms with van der Waals surface area (Å²) in [5.74, 6) is 0.240. The minimum Gasteiger partial charge on any atom is -0.497 e. The number of rotatable bonds is 7. The van der Waals surface area contributed by atoms with E-state index in [9.17, 15) is 9.59 Å². The fourth-order valence-corrected chi connectivity index (χ4v) is 2.00. The summed E-state index contributed by atoms with van der Waals surface area (Å²) in [6.45, 7) is 0.431. The first-order valence-corrected chi connectivity index (χ1v) is 7.27. The number of pyridine rings is 1. The quantitative estimate of drug-likeness (QED) is 0.804. The summed E-state index contributed by atoms with van der Waals surface area (Å²) in [6.07, 6.45) is 3.73. The molecule has 0 saturated heterocycles. The van der Waals surface area contributed by atoms with Crippen molar-refractivity contribution in [1.29, 1.82) is 0 Å². The molecule has 2 amide bonds. The van der Waals surface area contributed by atoms with E-state index < -0.39 is 0 Å². The summed E-state index contributed by atoms with van der Waals surface area (Å²) >= 11 is 0. The number of nitrogens with zero attached hydrogens (tertiary/aromatic N) is 1. The van der Waals surface area contributed by atoms with Crippen LogP contribution in [0.3, 0.4) is 0 Å². The van der Waals surface area contributed by atoms with E-state index in [2.05, 4.69) is 15.6 Å². The van der Waals surface area contributed by atoms with E-state index >= 15 is 0 Å². The lowest BCUT2D eigenvalue weighted by Gasteiger charge is -2.08. The predicted molar refractivity (Wildman–Crippen MR) is 86.3 cm³/mol. The van der Waals surface area contributed by atoms with Gasteiger partial charge in [0.1, 0.15) is 5.75 Å². The lowest BCUT2D eigenvalue weighted by atomic mass is 10.1. The fourth-order valence-electron chi connectivity index (χ4n) is 2.00. The SMILES string of the molecule is COc1cccc(CCNC(=O)CNC(=O)c2cccnc2)c1. The zero-order chi connectivity index (χ0) is 16.5. The zero-order valence-electron chi connectivity index (χ0n) is 12.9. The standard InChI is InChI=1S/C17H19N3O3/c1-23-15-6-2-4-13(10-15)7-9-19-16(21)12-20-17(22)14-5-3-8-18-11-14/h2-6,8,10-11H,7,9,12H2,1H3,(H,19,21)(H,20,22). The van der Waals surface area contributed by atoms with Gasteiger partial charge in [0.25, 0.3) is 5.91 Å². The molecule has 0 aliphatic carbocycles. The topological polar surface area (TPSA) is 80.3 Å². The maximum Gasteiger partial charge on any atom is 0.253 e. The third-order valence-corrected chi connectivity index (χ3v) is 3.20. The first-order chi connectivity index (χ1) is 11.2. The van der Waals surface area contributed by atoms with E-state index in [4.69, 9.17) is 4.74 Å². The van der Waals surface area contributed by atoms with Gasteiger partial charge in [-0.3, -0.25) is 14.6 Å². The van der Waals surface area contributed by atoms with E-state index in [1.165, 1.54) is 6.20 Å². The number of carbonyl (C=O) groups excluding carboxylic acids is 2. The molecule has 2 rings (SSSR count). The first kappa shape index (κ1) is 16.5. The Morgan fingerprint density at radius 3 is 2.78 bits per heavy atom. The number of carbonyl (C=O) groups is 2. The van der Waals surface area contributed by atoms with Crippen LogP contribution in [0, 0.1) is 0 Å². The molecule has 1 heterocycles. The molecular formula is C17H19N3O3. The third kappa shape index (κ3) is 5.43. The van der Waals surface area contributed by atoms with Crippen LogP contribution in [0.2, 0.25) is 0 Å². The van der Waals surface area contributed by atoms with E-state index in [1.807, 2.05) is 24.3 Å². The molecule has 0 atom stereocenters. The summed E-state index contributed by atoms with van der Waals surface area (Å²) in [5.41, 5.74) is 1.50. The maximum absolute atomic E-state index is 11.8. The Balaban J connectivity index is 1.70. The van der Waals surface area contributed by atoms with Gasteiger partial charge in [0.2, 0.25) is 5.91 Å². The van der Waals surface area contributed by atoms with Crippen molar-refractivity contribution in [2.75, 3.05) is 20.2 Å². The van der Waals surface area contributed by atoms with E-state index in [1.54, 1.807) is 25.4 Å². The van der Waals surface area contributed by atoms with E-state index in [-0.39, 0.29) is 18.4 Å². The molecule has 0 bridgehead atoms. The minimum atomic E-state index is -0.318. The zero-order valence-corrected chi connectivity index (χ0v) is 12.9. The van der Waals surface area contributed by atoms with Crippen molar-refractivity contribution in [2.45, 2.75) is 6.42 Å². The van der Waals surface area contributed by atoms with Gasteiger partial charge in [-0.15, -0.1) is 0 Å². The Kier molecular flexibility index (Phi) is 6.11. The number of benzene rings is 1. The molecule has 0 fully saturated rings. The smallest absolute Gasteiger partial charge is 0.253 e. The highest BCUT2D eigenvalue weighted by Gasteiger charge is 2.07. The van der Waals surface area contributed by atoms with Gasteiger partial charge in [-0.1, -0.05) is 12.1 Å². The maximum atomic E-state index is 11.8. The second kappa shape index (κ2) is 8.53. The van der Waals surface area contributed by atoms with Crippen molar-refractivity contribution in [3.8, 4) is 5.75 Å². The molecule has 0 aliphatic heterocycles. The number of amides is 2. The lowest BCUT2D eigenvalue weighted by molar-refractivity contribution is -0.120. The van der Waals surface area contributed by atoms with Gasteiger partial charge in [0.15, 0.2) is 0 Å². The van der Waals surface area contributed by atoms with Crippen LogP contribution in [0.25, 0.3) is 0 Å². The number of hydrogen-bond acceptors (Lipinski definition) is 4. The van der Waals surface area contributed by atoms with E-state index in [0.29, 0.717) is 18.5 Å². The summed E-state index contributed by atoms with van der Waals surface area (Å²) < 4.78 is 5.15. The Morgan fingerprint density at radius 1 is 1.17 bits per heavy atom. The number of aromatic nitrogens is 1. The highest BCUT2D eigenvalue weighted by atomic mass is 16.5. The summed E-state index contributed by atoms with van der Waals surface area (Å²) in [5, 5.41) is 5.32. The van der Waals surface area contributed by atoms with Crippen LogP contribution in [0.5, 0.6) is 5.75 Å². The van der Waals surface area contributed by atoms with Crippen LogP contribution in [-0.4, -0.2) is 37.0 Å². The van der Waals surface area contributed by atoms with Crippen molar-refractivity contribution >= 4 is 11.8 Å². The summed E-state index contributed by atoms with van der Waals surface area (Å²) in [6, 6.07) is 11.0. The molecule has 1 aromatic heterocycles. The third-order valence-electron chi connectivity index (χ3n) is 3.20. The molecule has 6 nitrogen and oxygen atoms in total. The monoisotopic (exact) mass is 313 g/mol. The molecule has 1 aromatic carbocycles. The van der Waals surface area contributed by atoms with E-state index in [0.717, 1.165) is 11.3 Å². The van der Waals surface area contributed by atoms with Gasteiger partial charge in [0, 0.05) is 18.9 Å². The molecule has 120 valence electrons. The number of methoxy groups -OCH3 is 1. The Labute approximate surface area is 134 Å². The first-order valence-electron chi connectivity index (χ1n) is 7.27. The van der Waals surface area contributed by atoms with Crippen LogP contribution >= 0.6 is 0 Å². The second-order valence-corrected chi connectivity index (χ2v) is 4.88. The fraction of sp³-hybridized carbons (Fsp3) is 0.235. The van der Waals surface area contributed by atoms with Crippen molar-refractivity contribution in [3.63, 3.8) is 0 Å². The highest BCUT2D eigenvalue weighted by molar-refractivity contribution is 5.96. The van der Waals surface area contributed by atoms with Crippen LogP contribution in [0.4, 0.5) is 0 Å².